The largest absolute Gasteiger partial charge is 0.396 e. The summed E-state index contributed by atoms with van der Waals surface area (Å²) in [6.07, 6.45) is 1.12. The zero-order valence-corrected chi connectivity index (χ0v) is 11.4. The highest BCUT2D eigenvalue weighted by molar-refractivity contribution is 6.00. The maximum absolute atomic E-state index is 11.4. The Kier molecular flexibility index (Phi) is 3.95. The number of nitrogens with two attached hydrogens (primary N) is 2. The van der Waals surface area contributed by atoms with Gasteiger partial charge in [0.2, 0.25) is 0 Å². The second-order valence-corrected chi connectivity index (χ2v) is 4.96. The van der Waals surface area contributed by atoms with Crippen molar-refractivity contribution in [1.82, 2.24) is 0 Å². The van der Waals surface area contributed by atoms with Crippen LogP contribution in [0.15, 0.2) is 18.2 Å². The molecule has 2 atom stereocenters. The van der Waals surface area contributed by atoms with Crippen LogP contribution in [0.5, 0.6) is 0 Å². The molecule has 0 saturated carbocycles. The molecule has 4 N–H and O–H groups in total. The molecule has 1 heterocycles. The van der Waals surface area contributed by atoms with Crippen LogP contribution in [-0.2, 0) is 4.74 Å². The standard InChI is InChI=1S/C14H21N3O2/c1-3-10-8-19-9(2)7-17(10)12-6-4-5-11(13(12)15)14(16)18/h4-6,9-10H,3,7-8,15H2,1-2H3,(H2,16,18). The number of primary amides is 1. The summed E-state index contributed by atoms with van der Waals surface area (Å²) in [5.41, 5.74) is 13.2. The number of carbonyl (C=O) groups is 1. The van der Waals surface area contributed by atoms with Crippen molar-refractivity contribution in [2.24, 2.45) is 5.73 Å². The van der Waals surface area contributed by atoms with E-state index >= 15 is 0 Å². The minimum absolute atomic E-state index is 0.152. The third-order valence-corrected chi connectivity index (χ3v) is 3.60. The molecule has 1 aliphatic rings. The van der Waals surface area contributed by atoms with Crippen molar-refractivity contribution in [3.63, 3.8) is 0 Å². The summed E-state index contributed by atoms with van der Waals surface area (Å²) in [6, 6.07) is 5.69. The molecule has 1 amide bonds. The van der Waals surface area contributed by atoms with Crippen molar-refractivity contribution in [3.8, 4) is 0 Å². The maximum atomic E-state index is 11.4. The summed E-state index contributed by atoms with van der Waals surface area (Å²) in [5, 5.41) is 0. The van der Waals surface area contributed by atoms with Crippen molar-refractivity contribution < 1.29 is 9.53 Å². The summed E-state index contributed by atoms with van der Waals surface area (Å²) in [5.74, 6) is -0.492. The Labute approximate surface area is 113 Å². The summed E-state index contributed by atoms with van der Waals surface area (Å²) >= 11 is 0. The van der Waals surface area contributed by atoms with E-state index < -0.39 is 5.91 Å². The van der Waals surface area contributed by atoms with Gasteiger partial charge < -0.3 is 21.1 Å². The van der Waals surface area contributed by atoms with Crippen LogP contribution in [0.4, 0.5) is 11.4 Å². The highest BCUT2D eigenvalue weighted by atomic mass is 16.5. The molecule has 0 bridgehead atoms. The zero-order valence-electron chi connectivity index (χ0n) is 11.4. The molecule has 5 heteroatoms. The number of nitrogens with zero attached hydrogens (tertiary/aromatic N) is 1. The molecule has 0 aromatic heterocycles. The van der Waals surface area contributed by atoms with Gasteiger partial charge in [0.25, 0.3) is 5.91 Å². The number of carbonyl (C=O) groups excluding carboxylic acids is 1. The Morgan fingerprint density at radius 2 is 2.26 bits per heavy atom. The van der Waals surface area contributed by atoms with Gasteiger partial charge in [-0.3, -0.25) is 4.79 Å². The smallest absolute Gasteiger partial charge is 0.250 e. The van der Waals surface area contributed by atoms with E-state index in [-0.39, 0.29) is 12.1 Å². The Morgan fingerprint density at radius 1 is 1.53 bits per heavy atom. The molecule has 1 aromatic rings. The van der Waals surface area contributed by atoms with Gasteiger partial charge in [0.15, 0.2) is 0 Å². The number of nitrogen functional groups attached to an aromatic ring is 1. The van der Waals surface area contributed by atoms with Crippen molar-refractivity contribution in [1.29, 1.82) is 0 Å². The van der Waals surface area contributed by atoms with E-state index in [0.717, 1.165) is 18.7 Å². The van der Waals surface area contributed by atoms with Crippen LogP contribution in [0, 0.1) is 0 Å². The molecule has 2 unspecified atom stereocenters. The molecule has 0 aliphatic carbocycles. The second kappa shape index (κ2) is 5.48. The summed E-state index contributed by atoms with van der Waals surface area (Å²) in [6.45, 7) is 5.60. The van der Waals surface area contributed by atoms with E-state index in [0.29, 0.717) is 17.9 Å². The number of ether oxygens (including phenoxy) is 1. The van der Waals surface area contributed by atoms with Gasteiger partial charge in [0.1, 0.15) is 0 Å². The Balaban J connectivity index is 2.39. The Morgan fingerprint density at radius 3 is 2.89 bits per heavy atom. The molecule has 0 radical (unpaired) electrons. The molecule has 1 aliphatic heterocycles. The number of rotatable bonds is 3. The molecule has 5 nitrogen and oxygen atoms in total. The van der Waals surface area contributed by atoms with Crippen LogP contribution >= 0.6 is 0 Å². The lowest BCUT2D eigenvalue weighted by atomic mass is 10.1. The van der Waals surface area contributed by atoms with Gasteiger partial charge in [-0.2, -0.15) is 0 Å². The normalized spacial score (nSPS) is 23.4. The number of para-hydroxylation sites is 1. The van der Waals surface area contributed by atoms with Crippen molar-refractivity contribution in [2.45, 2.75) is 32.4 Å². The van der Waals surface area contributed by atoms with Gasteiger partial charge in [-0.25, -0.2) is 0 Å². The van der Waals surface area contributed by atoms with E-state index in [2.05, 4.69) is 11.8 Å². The molecule has 1 fully saturated rings. The lowest BCUT2D eigenvalue weighted by Crippen LogP contribution is -2.49. The summed E-state index contributed by atoms with van der Waals surface area (Å²) in [7, 11) is 0. The van der Waals surface area contributed by atoms with Gasteiger partial charge in [0, 0.05) is 6.54 Å². The number of amides is 1. The minimum Gasteiger partial charge on any atom is -0.396 e. The fourth-order valence-electron chi connectivity index (χ4n) is 2.50. The first kappa shape index (κ1) is 13.7. The van der Waals surface area contributed by atoms with Crippen molar-refractivity contribution in [2.75, 3.05) is 23.8 Å². The van der Waals surface area contributed by atoms with Gasteiger partial charge >= 0.3 is 0 Å². The Hall–Kier alpha value is -1.75. The third-order valence-electron chi connectivity index (χ3n) is 3.60. The predicted molar refractivity (Wildman–Crippen MR) is 76.2 cm³/mol. The van der Waals surface area contributed by atoms with Crippen LogP contribution in [0.25, 0.3) is 0 Å². The van der Waals surface area contributed by atoms with E-state index in [1.54, 1.807) is 6.07 Å². The zero-order chi connectivity index (χ0) is 14.0. The van der Waals surface area contributed by atoms with Crippen LogP contribution < -0.4 is 16.4 Å². The molecule has 2 rings (SSSR count). The molecular weight excluding hydrogens is 242 g/mol. The number of morpholine rings is 1. The van der Waals surface area contributed by atoms with E-state index in [1.807, 2.05) is 19.1 Å². The van der Waals surface area contributed by atoms with Crippen LogP contribution in [0.1, 0.15) is 30.6 Å². The Bertz CT molecular complexity index is 476. The fraction of sp³-hybridized carbons (Fsp3) is 0.500. The third kappa shape index (κ3) is 2.66. The second-order valence-electron chi connectivity index (χ2n) is 4.96. The lowest BCUT2D eigenvalue weighted by molar-refractivity contribution is 0.0300. The van der Waals surface area contributed by atoms with Crippen molar-refractivity contribution >= 4 is 17.3 Å². The first-order valence-electron chi connectivity index (χ1n) is 6.61. The molecular formula is C14H21N3O2. The van der Waals surface area contributed by atoms with Gasteiger partial charge in [-0.1, -0.05) is 13.0 Å². The summed E-state index contributed by atoms with van der Waals surface area (Å²) in [4.78, 5) is 13.6. The minimum atomic E-state index is -0.492. The van der Waals surface area contributed by atoms with Crippen molar-refractivity contribution in [3.05, 3.63) is 23.8 Å². The highest BCUT2D eigenvalue weighted by Crippen LogP contribution is 2.31. The van der Waals surface area contributed by atoms with E-state index in [4.69, 9.17) is 16.2 Å². The number of hydrogen-bond donors (Lipinski definition) is 2. The highest BCUT2D eigenvalue weighted by Gasteiger charge is 2.27. The summed E-state index contributed by atoms with van der Waals surface area (Å²) < 4.78 is 5.68. The number of hydrogen-bond acceptors (Lipinski definition) is 4. The first-order valence-corrected chi connectivity index (χ1v) is 6.61. The molecule has 0 spiro atoms. The lowest BCUT2D eigenvalue weighted by Gasteiger charge is -2.40. The average molecular weight is 263 g/mol. The quantitative estimate of drug-likeness (QED) is 0.807. The van der Waals surface area contributed by atoms with E-state index in [1.165, 1.54) is 0 Å². The maximum Gasteiger partial charge on any atom is 0.250 e. The fourth-order valence-corrected chi connectivity index (χ4v) is 2.50. The molecule has 1 saturated heterocycles. The van der Waals surface area contributed by atoms with E-state index in [9.17, 15) is 4.79 Å². The monoisotopic (exact) mass is 263 g/mol. The average Bonchev–Trinajstić information content (AvgIpc) is 2.38. The number of anilines is 2. The topological polar surface area (TPSA) is 81.6 Å². The van der Waals surface area contributed by atoms with Gasteiger partial charge in [-0.05, 0) is 25.5 Å². The van der Waals surface area contributed by atoms with Crippen LogP contribution in [-0.4, -0.2) is 31.2 Å². The SMILES string of the molecule is CCC1COC(C)CN1c1cccc(C(N)=O)c1N. The van der Waals surface area contributed by atoms with Crippen LogP contribution in [0.2, 0.25) is 0 Å². The number of benzene rings is 1. The van der Waals surface area contributed by atoms with Gasteiger partial charge in [0.05, 0.1) is 35.7 Å². The molecule has 104 valence electrons. The van der Waals surface area contributed by atoms with Gasteiger partial charge in [-0.15, -0.1) is 0 Å². The van der Waals surface area contributed by atoms with Crippen LogP contribution in [0.3, 0.4) is 0 Å². The molecule has 19 heavy (non-hydrogen) atoms. The molecule has 1 aromatic carbocycles. The first-order chi connectivity index (χ1) is 9.04. The predicted octanol–water partition coefficient (Wildman–Crippen LogP) is 1.37.